The maximum Gasteiger partial charge on any atom is 0.248 e. The second-order valence-electron chi connectivity index (χ2n) is 4.54. The molecule has 0 atom stereocenters. The van der Waals surface area contributed by atoms with E-state index in [1.54, 1.807) is 12.1 Å². The predicted molar refractivity (Wildman–Crippen MR) is 83.3 cm³/mol. The minimum Gasteiger partial charge on any atom is -0.322 e. The van der Waals surface area contributed by atoms with E-state index < -0.39 is 0 Å². The van der Waals surface area contributed by atoms with Gasteiger partial charge in [0.25, 0.3) is 0 Å². The van der Waals surface area contributed by atoms with Crippen molar-refractivity contribution >= 4 is 17.7 Å². The molecule has 0 bridgehead atoms. The van der Waals surface area contributed by atoms with Gasteiger partial charge in [-0.3, -0.25) is 4.79 Å². The molecule has 1 amide bonds. The van der Waals surface area contributed by atoms with Crippen LogP contribution in [0.5, 0.6) is 0 Å². The molecule has 0 radical (unpaired) electrons. The third-order valence-electron chi connectivity index (χ3n) is 2.95. The van der Waals surface area contributed by atoms with Crippen LogP contribution in [0.4, 0.5) is 5.69 Å². The Labute approximate surface area is 127 Å². The number of tetrazole rings is 1. The molecule has 0 aliphatic heterocycles. The number of carbonyl (C=O) groups excluding carboxylic acids is 1. The summed E-state index contributed by atoms with van der Waals surface area (Å²) in [6.45, 7) is 0. The van der Waals surface area contributed by atoms with Crippen molar-refractivity contribution in [2.24, 2.45) is 0 Å². The highest BCUT2D eigenvalue weighted by atomic mass is 16.1. The van der Waals surface area contributed by atoms with Crippen LogP contribution in [0.25, 0.3) is 11.8 Å². The molecule has 6 nitrogen and oxygen atoms in total. The largest absolute Gasteiger partial charge is 0.322 e. The quantitative estimate of drug-likeness (QED) is 0.749. The topological polar surface area (TPSA) is 72.7 Å². The van der Waals surface area contributed by atoms with Gasteiger partial charge in [0, 0.05) is 11.8 Å². The Hall–Kier alpha value is -3.28. The Morgan fingerprint density at radius 2 is 1.95 bits per heavy atom. The van der Waals surface area contributed by atoms with E-state index in [0.717, 1.165) is 11.3 Å². The van der Waals surface area contributed by atoms with Crippen LogP contribution in [0, 0.1) is 0 Å². The standard InChI is InChI=1S/C16H13N5O/c22-16(10-9-13-5-2-1-3-6-13)18-14-7-4-8-15(11-14)21-12-17-19-20-21/h1-12H,(H,18,22)/b10-9+. The Bertz CT molecular complexity index is 781. The number of hydrogen-bond donors (Lipinski definition) is 1. The van der Waals surface area contributed by atoms with Crippen molar-refractivity contribution in [1.29, 1.82) is 0 Å². The number of benzene rings is 2. The van der Waals surface area contributed by atoms with Gasteiger partial charge in [-0.1, -0.05) is 36.4 Å². The highest BCUT2D eigenvalue weighted by Crippen LogP contribution is 2.13. The molecule has 0 spiro atoms. The van der Waals surface area contributed by atoms with E-state index >= 15 is 0 Å². The number of hydrogen-bond acceptors (Lipinski definition) is 4. The van der Waals surface area contributed by atoms with Crippen molar-refractivity contribution in [2.45, 2.75) is 0 Å². The van der Waals surface area contributed by atoms with Gasteiger partial charge in [-0.2, -0.15) is 0 Å². The molecule has 0 unspecified atom stereocenters. The summed E-state index contributed by atoms with van der Waals surface area (Å²) >= 11 is 0. The second kappa shape index (κ2) is 6.45. The van der Waals surface area contributed by atoms with E-state index in [9.17, 15) is 4.79 Å². The first kappa shape index (κ1) is 13.7. The van der Waals surface area contributed by atoms with Crippen molar-refractivity contribution in [2.75, 3.05) is 5.32 Å². The van der Waals surface area contributed by atoms with Gasteiger partial charge in [-0.15, -0.1) is 5.10 Å². The van der Waals surface area contributed by atoms with Gasteiger partial charge in [-0.25, -0.2) is 4.68 Å². The van der Waals surface area contributed by atoms with Crippen LogP contribution in [0.15, 0.2) is 67.0 Å². The van der Waals surface area contributed by atoms with Crippen LogP contribution in [-0.4, -0.2) is 26.1 Å². The molecule has 0 saturated carbocycles. The zero-order valence-corrected chi connectivity index (χ0v) is 11.6. The van der Waals surface area contributed by atoms with E-state index in [-0.39, 0.29) is 5.91 Å². The molecule has 2 aromatic carbocycles. The van der Waals surface area contributed by atoms with Gasteiger partial charge >= 0.3 is 0 Å². The summed E-state index contributed by atoms with van der Waals surface area (Å²) in [6.07, 6.45) is 4.76. The summed E-state index contributed by atoms with van der Waals surface area (Å²) in [4.78, 5) is 11.9. The molecule has 0 aliphatic rings. The number of rotatable bonds is 4. The highest BCUT2D eigenvalue weighted by Gasteiger charge is 2.02. The van der Waals surface area contributed by atoms with Gasteiger partial charge < -0.3 is 5.32 Å². The summed E-state index contributed by atoms with van der Waals surface area (Å²) in [7, 11) is 0. The van der Waals surface area contributed by atoms with Crippen molar-refractivity contribution in [3.05, 3.63) is 72.6 Å². The number of nitrogens with zero attached hydrogens (tertiary/aromatic N) is 4. The number of carbonyl (C=O) groups is 1. The molecule has 0 aliphatic carbocycles. The Morgan fingerprint density at radius 1 is 1.09 bits per heavy atom. The highest BCUT2D eigenvalue weighted by molar-refractivity contribution is 6.02. The van der Waals surface area contributed by atoms with Crippen molar-refractivity contribution in [3.63, 3.8) is 0 Å². The fourth-order valence-corrected chi connectivity index (χ4v) is 1.93. The minimum absolute atomic E-state index is 0.197. The molecule has 0 saturated heterocycles. The normalized spacial score (nSPS) is 10.7. The summed E-state index contributed by atoms with van der Waals surface area (Å²) in [5.74, 6) is -0.197. The second-order valence-corrected chi connectivity index (χ2v) is 4.54. The maximum absolute atomic E-state index is 11.9. The fraction of sp³-hybridized carbons (Fsp3) is 0. The average Bonchev–Trinajstić information content (AvgIpc) is 3.09. The molecule has 1 heterocycles. The molecule has 6 heteroatoms. The predicted octanol–water partition coefficient (Wildman–Crippen LogP) is 2.31. The van der Waals surface area contributed by atoms with Crippen LogP contribution < -0.4 is 5.32 Å². The van der Waals surface area contributed by atoms with Crippen LogP contribution in [0.1, 0.15) is 5.56 Å². The van der Waals surface area contributed by atoms with E-state index in [1.165, 1.54) is 17.1 Å². The number of anilines is 1. The number of amides is 1. The first-order valence-corrected chi connectivity index (χ1v) is 6.69. The van der Waals surface area contributed by atoms with Gasteiger partial charge in [-0.05, 0) is 40.3 Å². The van der Waals surface area contributed by atoms with Crippen molar-refractivity contribution in [3.8, 4) is 5.69 Å². The van der Waals surface area contributed by atoms with Gasteiger partial charge in [0.2, 0.25) is 5.91 Å². The Kier molecular flexibility index (Phi) is 4.01. The average molecular weight is 291 g/mol. The Balaban J connectivity index is 1.69. The van der Waals surface area contributed by atoms with Gasteiger partial charge in [0.05, 0.1) is 5.69 Å². The molecular formula is C16H13N5O. The molecule has 1 aromatic heterocycles. The third kappa shape index (κ3) is 3.43. The van der Waals surface area contributed by atoms with Crippen molar-refractivity contribution in [1.82, 2.24) is 20.2 Å². The smallest absolute Gasteiger partial charge is 0.248 e. The molecule has 22 heavy (non-hydrogen) atoms. The number of aromatic nitrogens is 4. The van der Waals surface area contributed by atoms with Crippen LogP contribution in [0.3, 0.4) is 0 Å². The van der Waals surface area contributed by atoms with E-state index in [1.807, 2.05) is 48.5 Å². The SMILES string of the molecule is O=C(/C=C/c1ccccc1)Nc1cccc(-n2cnnn2)c1. The molecule has 3 aromatic rings. The Morgan fingerprint density at radius 3 is 2.73 bits per heavy atom. The lowest BCUT2D eigenvalue weighted by molar-refractivity contribution is -0.111. The summed E-state index contributed by atoms with van der Waals surface area (Å²) in [5.41, 5.74) is 2.42. The monoisotopic (exact) mass is 291 g/mol. The van der Waals surface area contributed by atoms with Crippen LogP contribution in [-0.2, 0) is 4.79 Å². The van der Waals surface area contributed by atoms with E-state index in [0.29, 0.717) is 5.69 Å². The van der Waals surface area contributed by atoms with Crippen LogP contribution in [0.2, 0.25) is 0 Å². The third-order valence-corrected chi connectivity index (χ3v) is 2.95. The lowest BCUT2D eigenvalue weighted by atomic mass is 10.2. The van der Waals surface area contributed by atoms with Gasteiger partial charge in [0.15, 0.2) is 0 Å². The van der Waals surface area contributed by atoms with Crippen LogP contribution >= 0.6 is 0 Å². The summed E-state index contributed by atoms with van der Waals surface area (Å²) in [6, 6.07) is 16.9. The maximum atomic E-state index is 11.9. The zero-order chi connectivity index (χ0) is 15.2. The molecular weight excluding hydrogens is 278 g/mol. The van der Waals surface area contributed by atoms with E-state index in [4.69, 9.17) is 0 Å². The molecule has 1 N–H and O–H groups in total. The molecule has 108 valence electrons. The molecule has 0 fully saturated rings. The number of nitrogens with one attached hydrogen (secondary N) is 1. The first-order valence-electron chi connectivity index (χ1n) is 6.69. The lowest BCUT2D eigenvalue weighted by Gasteiger charge is -2.04. The lowest BCUT2D eigenvalue weighted by Crippen LogP contribution is -2.08. The van der Waals surface area contributed by atoms with Gasteiger partial charge in [0.1, 0.15) is 6.33 Å². The fourth-order valence-electron chi connectivity index (χ4n) is 1.93. The molecule has 3 rings (SSSR count). The summed E-state index contributed by atoms with van der Waals surface area (Å²) < 4.78 is 1.52. The zero-order valence-electron chi connectivity index (χ0n) is 11.6. The first-order chi connectivity index (χ1) is 10.8. The van der Waals surface area contributed by atoms with E-state index in [2.05, 4.69) is 20.8 Å². The minimum atomic E-state index is -0.197. The summed E-state index contributed by atoms with van der Waals surface area (Å²) in [5, 5.41) is 13.8. The van der Waals surface area contributed by atoms with Crippen molar-refractivity contribution < 1.29 is 4.79 Å².